The van der Waals surface area contributed by atoms with Gasteiger partial charge in [0.25, 0.3) is 0 Å². The average Bonchev–Trinajstić information content (AvgIpc) is 2.25. The minimum Gasteiger partial charge on any atom is -0.380 e. The zero-order valence-electron chi connectivity index (χ0n) is 9.53. The van der Waals surface area contributed by atoms with E-state index in [0.29, 0.717) is 24.8 Å². The SMILES string of the molecule is CCOCC(C)Nc1cc(NN)nc(N)n1. The second-order valence-corrected chi connectivity index (χ2v) is 3.35. The molecule has 1 aromatic heterocycles. The maximum atomic E-state index is 5.52. The van der Waals surface area contributed by atoms with Crippen molar-refractivity contribution in [3.8, 4) is 0 Å². The Hall–Kier alpha value is -1.60. The van der Waals surface area contributed by atoms with Crippen LogP contribution in [0.25, 0.3) is 0 Å². The molecule has 1 aromatic rings. The standard InChI is InChI=1S/C9H18N6O/c1-3-16-5-6(2)12-7-4-8(15-11)14-9(10)13-7/h4,6H,3,5,11H2,1-2H3,(H4,10,12,13,14,15). The molecule has 0 aromatic carbocycles. The van der Waals surface area contributed by atoms with Gasteiger partial charge in [-0.2, -0.15) is 9.97 Å². The Morgan fingerprint density at radius 2 is 2.12 bits per heavy atom. The van der Waals surface area contributed by atoms with E-state index in [1.54, 1.807) is 6.07 Å². The van der Waals surface area contributed by atoms with E-state index in [2.05, 4.69) is 20.7 Å². The van der Waals surface area contributed by atoms with Crippen LogP contribution in [-0.2, 0) is 4.74 Å². The van der Waals surface area contributed by atoms with Gasteiger partial charge in [0.2, 0.25) is 5.95 Å². The van der Waals surface area contributed by atoms with Gasteiger partial charge in [0, 0.05) is 18.7 Å². The molecule has 1 heterocycles. The molecule has 1 unspecified atom stereocenters. The number of hydrazine groups is 1. The number of nitrogens with one attached hydrogen (secondary N) is 2. The summed E-state index contributed by atoms with van der Waals surface area (Å²) in [6, 6.07) is 1.82. The number of aromatic nitrogens is 2. The summed E-state index contributed by atoms with van der Waals surface area (Å²) >= 11 is 0. The maximum absolute atomic E-state index is 5.52. The minimum absolute atomic E-state index is 0.139. The predicted molar refractivity (Wildman–Crippen MR) is 63.8 cm³/mol. The van der Waals surface area contributed by atoms with Crippen molar-refractivity contribution in [3.63, 3.8) is 0 Å². The number of nitrogen functional groups attached to an aromatic ring is 2. The van der Waals surface area contributed by atoms with Crippen molar-refractivity contribution in [2.75, 3.05) is 29.7 Å². The van der Waals surface area contributed by atoms with Crippen LogP contribution in [0.4, 0.5) is 17.6 Å². The van der Waals surface area contributed by atoms with E-state index in [1.165, 1.54) is 0 Å². The van der Waals surface area contributed by atoms with Crippen LogP contribution in [0.3, 0.4) is 0 Å². The molecule has 0 radical (unpaired) electrons. The van der Waals surface area contributed by atoms with Crippen molar-refractivity contribution in [3.05, 3.63) is 6.07 Å². The summed E-state index contributed by atoms with van der Waals surface area (Å²) in [4.78, 5) is 7.92. The lowest BCUT2D eigenvalue weighted by Crippen LogP contribution is -2.23. The number of hydrogen-bond acceptors (Lipinski definition) is 7. The van der Waals surface area contributed by atoms with Gasteiger partial charge in [-0.15, -0.1) is 0 Å². The lowest BCUT2D eigenvalue weighted by atomic mass is 10.3. The zero-order chi connectivity index (χ0) is 12.0. The molecular weight excluding hydrogens is 208 g/mol. The monoisotopic (exact) mass is 226 g/mol. The smallest absolute Gasteiger partial charge is 0.223 e. The summed E-state index contributed by atoms with van der Waals surface area (Å²) in [6.07, 6.45) is 0. The number of ether oxygens (including phenoxy) is 1. The first-order valence-electron chi connectivity index (χ1n) is 5.11. The number of nitrogens with two attached hydrogens (primary N) is 2. The Morgan fingerprint density at radius 3 is 2.75 bits per heavy atom. The molecule has 7 heteroatoms. The van der Waals surface area contributed by atoms with E-state index < -0.39 is 0 Å². The molecule has 1 rings (SSSR count). The van der Waals surface area contributed by atoms with Crippen LogP contribution >= 0.6 is 0 Å². The molecule has 0 fully saturated rings. The normalized spacial score (nSPS) is 12.2. The largest absolute Gasteiger partial charge is 0.380 e. The Kier molecular flexibility index (Phi) is 4.74. The highest BCUT2D eigenvalue weighted by atomic mass is 16.5. The van der Waals surface area contributed by atoms with Crippen LogP contribution in [0.1, 0.15) is 13.8 Å². The van der Waals surface area contributed by atoms with Crippen LogP contribution < -0.4 is 22.3 Å². The fourth-order valence-electron chi connectivity index (χ4n) is 1.20. The van der Waals surface area contributed by atoms with Crippen molar-refractivity contribution >= 4 is 17.6 Å². The molecule has 6 N–H and O–H groups in total. The number of rotatable bonds is 6. The third-order valence-corrected chi connectivity index (χ3v) is 1.86. The Labute approximate surface area is 94.6 Å². The van der Waals surface area contributed by atoms with Crippen LogP contribution in [0, 0.1) is 0 Å². The molecule has 16 heavy (non-hydrogen) atoms. The van der Waals surface area contributed by atoms with Gasteiger partial charge in [-0.25, -0.2) is 5.84 Å². The summed E-state index contributed by atoms with van der Waals surface area (Å²) in [7, 11) is 0. The van der Waals surface area contributed by atoms with Gasteiger partial charge >= 0.3 is 0 Å². The molecule has 0 aliphatic heterocycles. The van der Waals surface area contributed by atoms with Crippen molar-refractivity contribution in [1.29, 1.82) is 0 Å². The third-order valence-electron chi connectivity index (χ3n) is 1.86. The van der Waals surface area contributed by atoms with E-state index in [0.717, 1.165) is 0 Å². The van der Waals surface area contributed by atoms with Crippen molar-refractivity contribution < 1.29 is 4.74 Å². The van der Waals surface area contributed by atoms with Crippen molar-refractivity contribution in [1.82, 2.24) is 9.97 Å². The van der Waals surface area contributed by atoms with Gasteiger partial charge in [-0.05, 0) is 13.8 Å². The molecule has 0 amide bonds. The van der Waals surface area contributed by atoms with Crippen LogP contribution in [-0.4, -0.2) is 29.2 Å². The average molecular weight is 226 g/mol. The molecule has 0 saturated carbocycles. The van der Waals surface area contributed by atoms with Gasteiger partial charge < -0.3 is 21.2 Å². The molecular formula is C9H18N6O. The molecule has 0 aliphatic rings. The second kappa shape index (κ2) is 6.09. The van der Waals surface area contributed by atoms with Crippen LogP contribution in [0.2, 0.25) is 0 Å². The second-order valence-electron chi connectivity index (χ2n) is 3.35. The van der Waals surface area contributed by atoms with Gasteiger partial charge in [-0.1, -0.05) is 0 Å². The molecule has 1 atom stereocenters. The molecule has 0 spiro atoms. The van der Waals surface area contributed by atoms with Crippen molar-refractivity contribution in [2.45, 2.75) is 19.9 Å². The van der Waals surface area contributed by atoms with E-state index >= 15 is 0 Å². The fraction of sp³-hybridized carbons (Fsp3) is 0.556. The zero-order valence-corrected chi connectivity index (χ0v) is 9.53. The van der Waals surface area contributed by atoms with E-state index in [-0.39, 0.29) is 12.0 Å². The summed E-state index contributed by atoms with van der Waals surface area (Å²) in [5.74, 6) is 6.51. The first-order chi connectivity index (χ1) is 7.65. The highest BCUT2D eigenvalue weighted by Gasteiger charge is 2.05. The third kappa shape index (κ3) is 3.87. The number of nitrogens with zero attached hydrogens (tertiary/aromatic N) is 2. The first kappa shape index (κ1) is 12.5. The highest BCUT2D eigenvalue weighted by molar-refractivity contribution is 5.50. The van der Waals surface area contributed by atoms with Crippen molar-refractivity contribution in [2.24, 2.45) is 5.84 Å². The Morgan fingerprint density at radius 1 is 1.44 bits per heavy atom. The summed E-state index contributed by atoms with van der Waals surface area (Å²) < 4.78 is 5.28. The van der Waals surface area contributed by atoms with E-state index in [4.69, 9.17) is 16.3 Å². The van der Waals surface area contributed by atoms with Gasteiger partial charge in [0.1, 0.15) is 11.6 Å². The summed E-state index contributed by atoms with van der Waals surface area (Å²) in [5, 5.41) is 3.14. The highest BCUT2D eigenvalue weighted by Crippen LogP contribution is 2.12. The van der Waals surface area contributed by atoms with E-state index in [1.807, 2.05) is 13.8 Å². The summed E-state index contributed by atoms with van der Waals surface area (Å²) in [6.45, 7) is 5.23. The van der Waals surface area contributed by atoms with Crippen LogP contribution in [0.15, 0.2) is 6.07 Å². The topological polar surface area (TPSA) is 111 Å². The number of hydrogen-bond donors (Lipinski definition) is 4. The van der Waals surface area contributed by atoms with E-state index in [9.17, 15) is 0 Å². The maximum Gasteiger partial charge on any atom is 0.223 e. The van der Waals surface area contributed by atoms with Crippen LogP contribution in [0.5, 0.6) is 0 Å². The van der Waals surface area contributed by atoms with Gasteiger partial charge in [-0.3, -0.25) is 0 Å². The quantitative estimate of drug-likeness (QED) is 0.404. The van der Waals surface area contributed by atoms with Gasteiger partial charge in [0.05, 0.1) is 6.61 Å². The summed E-state index contributed by atoms with van der Waals surface area (Å²) in [5.41, 5.74) is 7.94. The molecule has 0 bridgehead atoms. The lowest BCUT2D eigenvalue weighted by Gasteiger charge is -2.14. The predicted octanol–water partition coefficient (Wildman–Crippen LogP) is 0.181. The van der Waals surface area contributed by atoms with Gasteiger partial charge in [0.15, 0.2) is 0 Å². The molecule has 0 aliphatic carbocycles. The Balaban J connectivity index is 2.61. The Bertz CT molecular complexity index is 332. The first-order valence-corrected chi connectivity index (χ1v) is 5.11. The fourth-order valence-corrected chi connectivity index (χ4v) is 1.20. The molecule has 7 nitrogen and oxygen atoms in total. The molecule has 0 saturated heterocycles. The molecule has 90 valence electrons. The lowest BCUT2D eigenvalue weighted by molar-refractivity contribution is 0.141. The number of anilines is 3. The minimum atomic E-state index is 0.139.